The lowest BCUT2D eigenvalue weighted by molar-refractivity contribution is -0.116. The Balaban J connectivity index is 0.00000480. The summed E-state index contributed by atoms with van der Waals surface area (Å²) in [5.41, 5.74) is 1.74. The van der Waals surface area contributed by atoms with Crippen molar-refractivity contribution in [2.24, 2.45) is 10.9 Å². The highest BCUT2D eigenvalue weighted by Crippen LogP contribution is 2.12. The van der Waals surface area contributed by atoms with Gasteiger partial charge in [-0.2, -0.15) is 5.10 Å². The maximum atomic E-state index is 12.2. The van der Waals surface area contributed by atoms with Gasteiger partial charge in [0.05, 0.1) is 6.54 Å². The summed E-state index contributed by atoms with van der Waals surface area (Å²) in [7, 11) is 0. The van der Waals surface area contributed by atoms with Crippen molar-refractivity contribution in [3.8, 4) is 0 Å². The molecule has 1 atom stereocenters. The van der Waals surface area contributed by atoms with E-state index >= 15 is 0 Å². The van der Waals surface area contributed by atoms with Crippen molar-refractivity contribution in [1.82, 2.24) is 20.4 Å². The fraction of sp³-hybridized carbons (Fsp3) is 0.500. The molecular formula is C22H35IN6O2. The van der Waals surface area contributed by atoms with Gasteiger partial charge in [-0.05, 0) is 49.4 Å². The number of aliphatic imine (C=N–C) groups is 1. The Hall–Kier alpha value is -2.14. The van der Waals surface area contributed by atoms with Crippen molar-refractivity contribution in [2.45, 2.75) is 46.2 Å². The lowest BCUT2D eigenvalue weighted by Crippen LogP contribution is -2.40. The molecule has 1 unspecified atom stereocenters. The van der Waals surface area contributed by atoms with Crippen LogP contribution >= 0.6 is 24.0 Å². The summed E-state index contributed by atoms with van der Waals surface area (Å²) in [4.78, 5) is 16.8. The number of amides is 1. The Morgan fingerprint density at radius 2 is 2.06 bits per heavy atom. The maximum absolute atomic E-state index is 12.2. The predicted molar refractivity (Wildman–Crippen MR) is 136 cm³/mol. The van der Waals surface area contributed by atoms with E-state index in [0.29, 0.717) is 12.5 Å². The Bertz CT molecular complexity index is 776. The first-order valence-corrected chi connectivity index (χ1v) is 10.6. The van der Waals surface area contributed by atoms with Gasteiger partial charge < -0.3 is 21.1 Å². The van der Waals surface area contributed by atoms with E-state index in [-0.39, 0.29) is 43.0 Å². The van der Waals surface area contributed by atoms with Crippen molar-refractivity contribution in [3.63, 3.8) is 0 Å². The van der Waals surface area contributed by atoms with E-state index < -0.39 is 0 Å². The Labute approximate surface area is 201 Å². The molecule has 0 fully saturated rings. The second-order valence-electron chi connectivity index (χ2n) is 7.20. The highest BCUT2D eigenvalue weighted by Gasteiger charge is 2.09. The van der Waals surface area contributed by atoms with Crippen LogP contribution in [0.25, 0.3) is 0 Å². The average Bonchev–Trinajstić information content (AvgIpc) is 3.23. The number of rotatable bonds is 12. The molecule has 0 aliphatic heterocycles. The maximum Gasteiger partial charge on any atom is 0.246 e. The fourth-order valence-electron chi connectivity index (χ4n) is 3.18. The second kappa shape index (κ2) is 15.6. The number of aliphatic hydroxyl groups is 1. The molecule has 9 heteroatoms. The van der Waals surface area contributed by atoms with Crippen LogP contribution in [-0.4, -0.2) is 46.5 Å². The molecule has 1 aromatic carbocycles. The number of anilines is 1. The molecule has 1 aromatic heterocycles. The van der Waals surface area contributed by atoms with E-state index in [4.69, 9.17) is 0 Å². The first kappa shape index (κ1) is 26.9. The number of hydrogen-bond donors (Lipinski definition) is 4. The molecule has 4 N–H and O–H groups in total. The first-order chi connectivity index (χ1) is 14.6. The number of hydrogen-bond acceptors (Lipinski definition) is 4. The number of halogens is 1. The minimum atomic E-state index is -0.125. The lowest BCUT2D eigenvalue weighted by atomic mass is 10.0. The summed E-state index contributed by atoms with van der Waals surface area (Å²) >= 11 is 0. The molecular weight excluding hydrogens is 507 g/mol. The highest BCUT2D eigenvalue weighted by molar-refractivity contribution is 14.0. The minimum Gasteiger partial charge on any atom is -0.396 e. The van der Waals surface area contributed by atoms with Crippen LogP contribution in [-0.2, 0) is 17.9 Å². The molecule has 2 aromatic rings. The van der Waals surface area contributed by atoms with Crippen molar-refractivity contribution >= 4 is 41.5 Å². The van der Waals surface area contributed by atoms with Crippen LogP contribution < -0.4 is 16.0 Å². The normalized spacial score (nSPS) is 12.0. The van der Waals surface area contributed by atoms with Gasteiger partial charge in [-0.15, -0.1) is 24.0 Å². The van der Waals surface area contributed by atoms with Gasteiger partial charge in [0.15, 0.2) is 5.96 Å². The quantitative estimate of drug-likeness (QED) is 0.188. The van der Waals surface area contributed by atoms with E-state index in [9.17, 15) is 9.90 Å². The highest BCUT2D eigenvalue weighted by atomic mass is 127. The van der Waals surface area contributed by atoms with Gasteiger partial charge in [0, 0.05) is 37.8 Å². The number of aliphatic hydroxyl groups excluding tert-OH is 1. The van der Waals surface area contributed by atoms with E-state index in [2.05, 4.69) is 33.0 Å². The van der Waals surface area contributed by atoms with Crippen molar-refractivity contribution in [1.29, 1.82) is 0 Å². The molecule has 0 saturated heterocycles. The molecule has 2 rings (SSSR count). The summed E-state index contributed by atoms with van der Waals surface area (Å²) in [5.74, 6) is 1.06. The molecule has 1 amide bonds. The van der Waals surface area contributed by atoms with E-state index in [0.717, 1.165) is 49.6 Å². The second-order valence-corrected chi connectivity index (χ2v) is 7.20. The summed E-state index contributed by atoms with van der Waals surface area (Å²) < 4.78 is 1.58. The largest absolute Gasteiger partial charge is 0.396 e. The number of aromatic nitrogens is 2. The first-order valence-electron chi connectivity index (χ1n) is 10.6. The number of carbonyl (C=O) groups excluding carboxylic acids is 1. The third-order valence-corrected chi connectivity index (χ3v) is 4.63. The van der Waals surface area contributed by atoms with Gasteiger partial charge in [-0.3, -0.25) is 9.48 Å². The molecule has 172 valence electrons. The third kappa shape index (κ3) is 10.6. The lowest BCUT2D eigenvalue weighted by Gasteiger charge is -2.18. The Kier molecular flexibility index (Phi) is 13.6. The molecule has 0 saturated carbocycles. The Morgan fingerprint density at radius 3 is 2.74 bits per heavy atom. The topological polar surface area (TPSA) is 104 Å². The van der Waals surface area contributed by atoms with Gasteiger partial charge in [0.2, 0.25) is 5.91 Å². The monoisotopic (exact) mass is 542 g/mol. The van der Waals surface area contributed by atoms with Crippen LogP contribution in [0.15, 0.2) is 47.7 Å². The smallest absolute Gasteiger partial charge is 0.246 e. The molecule has 8 nitrogen and oxygen atoms in total. The van der Waals surface area contributed by atoms with Crippen LogP contribution in [0.5, 0.6) is 0 Å². The van der Waals surface area contributed by atoms with Crippen molar-refractivity contribution < 1.29 is 9.90 Å². The van der Waals surface area contributed by atoms with Gasteiger partial charge in [0.1, 0.15) is 6.54 Å². The van der Waals surface area contributed by atoms with Gasteiger partial charge in [-0.1, -0.05) is 25.5 Å². The number of benzene rings is 1. The molecule has 0 radical (unpaired) electrons. The average molecular weight is 542 g/mol. The molecule has 0 aliphatic rings. The zero-order valence-electron chi connectivity index (χ0n) is 18.4. The van der Waals surface area contributed by atoms with Crippen molar-refractivity contribution in [3.05, 3.63) is 48.3 Å². The summed E-state index contributed by atoms with van der Waals surface area (Å²) in [5, 5.41) is 22.8. The standard InChI is InChI=1S/C22H34N6O2.HI/c1-3-7-18(10-13-29)15-24-22(23-4-2)25-16-19-8-5-9-20(14-19)27-21(30)17-28-12-6-11-26-28;/h5-6,8-9,11-12,14,18,29H,3-4,7,10,13,15-17H2,1-2H3,(H,27,30)(H2,23,24,25);1H. The minimum absolute atomic E-state index is 0. The summed E-state index contributed by atoms with van der Waals surface area (Å²) in [6.07, 6.45) is 6.37. The number of guanidine groups is 1. The summed E-state index contributed by atoms with van der Waals surface area (Å²) in [6, 6.07) is 9.48. The van der Waals surface area contributed by atoms with Crippen LogP contribution in [0, 0.1) is 5.92 Å². The van der Waals surface area contributed by atoms with E-state index in [1.807, 2.05) is 31.2 Å². The van der Waals surface area contributed by atoms with Crippen molar-refractivity contribution in [2.75, 3.05) is 25.0 Å². The van der Waals surface area contributed by atoms with Crippen LogP contribution in [0.1, 0.15) is 38.7 Å². The van der Waals surface area contributed by atoms with Gasteiger partial charge >= 0.3 is 0 Å². The number of carbonyl (C=O) groups is 1. The third-order valence-electron chi connectivity index (χ3n) is 4.63. The number of nitrogens with zero attached hydrogens (tertiary/aromatic N) is 3. The summed E-state index contributed by atoms with van der Waals surface area (Å²) in [6.45, 7) is 6.62. The van der Waals surface area contributed by atoms with E-state index in [1.165, 1.54) is 0 Å². The number of nitrogens with one attached hydrogen (secondary N) is 3. The predicted octanol–water partition coefficient (Wildman–Crippen LogP) is 2.99. The van der Waals surface area contributed by atoms with Crippen LogP contribution in [0.2, 0.25) is 0 Å². The van der Waals surface area contributed by atoms with Crippen LogP contribution in [0.3, 0.4) is 0 Å². The molecule has 0 spiro atoms. The molecule has 31 heavy (non-hydrogen) atoms. The van der Waals surface area contributed by atoms with E-state index in [1.54, 1.807) is 23.1 Å². The zero-order valence-corrected chi connectivity index (χ0v) is 20.7. The fourth-order valence-corrected chi connectivity index (χ4v) is 3.18. The zero-order chi connectivity index (χ0) is 21.6. The SMILES string of the molecule is CCCC(CCO)CNC(=NCc1cccc(NC(=O)Cn2cccn2)c1)NCC.I. The van der Waals surface area contributed by atoms with Gasteiger partial charge in [-0.25, -0.2) is 4.99 Å². The Morgan fingerprint density at radius 1 is 1.23 bits per heavy atom. The molecule has 1 heterocycles. The van der Waals surface area contributed by atoms with Crippen LogP contribution in [0.4, 0.5) is 5.69 Å². The van der Waals surface area contributed by atoms with Gasteiger partial charge in [0.25, 0.3) is 0 Å². The molecule has 0 bridgehead atoms. The molecule has 0 aliphatic carbocycles.